The number of nitrogens with one attached hydrogen (secondary N) is 1. The third kappa shape index (κ3) is 5.02. The van der Waals surface area contributed by atoms with Crippen LogP contribution in [-0.2, 0) is 16.1 Å². The first-order valence-electron chi connectivity index (χ1n) is 9.27. The fraction of sp³-hybridized carbons (Fsp3) is 0.136. The van der Waals surface area contributed by atoms with E-state index in [9.17, 15) is 24.5 Å². The van der Waals surface area contributed by atoms with Gasteiger partial charge in [0.2, 0.25) is 0 Å². The number of hydrogen-bond donors (Lipinski definition) is 1. The van der Waals surface area contributed by atoms with Crippen LogP contribution < -0.4 is 10.9 Å². The molecule has 3 rings (SSSR count). The lowest BCUT2D eigenvalue weighted by molar-refractivity contribution is -0.384. The maximum absolute atomic E-state index is 12.8. The highest BCUT2D eigenvalue weighted by Crippen LogP contribution is 2.20. The third-order valence-corrected chi connectivity index (χ3v) is 4.59. The van der Waals surface area contributed by atoms with Crippen molar-refractivity contribution in [2.45, 2.75) is 12.6 Å². The minimum absolute atomic E-state index is 0.162. The lowest BCUT2D eigenvalue weighted by Gasteiger charge is -2.17. The molecule has 0 aliphatic heterocycles. The number of ether oxygens (including phenoxy) is 1. The number of nitro groups is 1. The lowest BCUT2D eigenvalue weighted by Crippen LogP contribution is -2.38. The summed E-state index contributed by atoms with van der Waals surface area (Å²) in [5, 5.41) is 13.5. The number of aromatic nitrogens is 1. The van der Waals surface area contributed by atoms with Gasteiger partial charge in [-0.25, -0.2) is 4.79 Å². The number of hydrogen-bond acceptors (Lipinski definition) is 6. The summed E-state index contributed by atoms with van der Waals surface area (Å²) in [7, 11) is 1.13. The summed E-state index contributed by atoms with van der Waals surface area (Å²) < 4.78 is 6.11. The van der Waals surface area contributed by atoms with Crippen molar-refractivity contribution in [3.63, 3.8) is 0 Å². The molecule has 1 N–H and O–H groups in total. The molecular formula is C22H19N3O6. The Morgan fingerprint density at radius 1 is 1.10 bits per heavy atom. The zero-order chi connectivity index (χ0) is 22.4. The van der Waals surface area contributed by atoms with E-state index in [1.165, 1.54) is 34.9 Å². The molecule has 0 spiro atoms. The molecule has 0 fully saturated rings. The Morgan fingerprint density at radius 3 is 2.52 bits per heavy atom. The maximum Gasteiger partial charge on any atom is 0.333 e. The van der Waals surface area contributed by atoms with Gasteiger partial charge in [0.05, 0.1) is 18.6 Å². The van der Waals surface area contributed by atoms with Gasteiger partial charge in [0.25, 0.3) is 17.2 Å². The Bertz CT molecular complexity index is 1170. The van der Waals surface area contributed by atoms with E-state index >= 15 is 0 Å². The smallest absolute Gasteiger partial charge is 0.333 e. The van der Waals surface area contributed by atoms with Crippen LogP contribution in [0.1, 0.15) is 27.5 Å². The quantitative estimate of drug-likeness (QED) is 0.355. The number of nitrogens with zero attached hydrogens (tertiary/aromatic N) is 2. The fourth-order valence-electron chi connectivity index (χ4n) is 3.04. The topological polar surface area (TPSA) is 121 Å². The Kier molecular flexibility index (Phi) is 6.56. The number of rotatable bonds is 7. The summed E-state index contributed by atoms with van der Waals surface area (Å²) >= 11 is 0. The number of carbonyl (C=O) groups is 2. The van der Waals surface area contributed by atoms with Crippen molar-refractivity contribution in [1.82, 2.24) is 9.88 Å². The van der Waals surface area contributed by atoms with Crippen molar-refractivity contribution in [3.8, 4) is 0 Å². The highest BCUT2D eigenvalue weighted by atomic mass is 16.6. The van der Waals surface area contributed by atoms with Gasteiger partial charge < -0.3 is 14.6 Å². The van der Waals surface area contributed by atoms with Crippen molar-refractivity contribution in [1.29, 1.82) is 0 Å². The molecule has 1 amide bonds. The van der Waals surface area contributed by atoms with Crippen LogP contribution in [-0.4, -0.2) is 28.5 Å². The van der Waals surface area contributed by atoms with Crippen LogP contribution in [0.25, 0.3) is 0 Å². The summed E-state index contributed by atoms with van der Waals surface area (Å²) in [6.07, 6.45) is 1.56. The number of nitro benzene ring substituents is 1. The van der Waals surface area contributed by atoms with Gasteiger partial charge in [0, 0.05) is 18.3 Å². The van der Waals surface area contributed by atoms with Crippen LogP contribution >= 0.6 is 0 Å². The minimum atomic E-state index is -1.32. The van der Waals surface area contributed by atoms with Crippen molar-refractivity contribution in [2.75, 3.05) is 7.11 Å². The molecule has 9 nitrogen and oxygen atoms in total. The second kappa shape index (κ2) is 9.49. The molecule has 31 heavy (non-hydrogen) atoms. The molecule has 0 radical (unpaired) electrons. The van der Waals surface area contributed by atoms with E-state index in [-0.39, 0.29) is 23.4 Å². The van der Waals surface area contributed by atoms with Crippen molar-refractivity contribution in [3.05, 3.63) is 110 Å². The van der Waals surface area contributed by atoms with Crippen LogP contribution in [0.2, 0.25) is 0 Å². The number of amides is 1. The second-order valence-corrected chi connectivity index (χ2v) is 6.62. The first-order chi connectivity index (χ1) is 14.9. The molecule has 0 aliphatic carbocycles. The summed E-state index contributed by atoms with van der Waals surface area (Å²) in [5.74, 6) is -1.62. The van der Waals surface area contributed by atoms with E-state index in [4.69, 9.17) is 4.74 Å². The molecule has 158 valence electrons. The molecule has 0 saturated heterocycles. The number of esters is 1. The molecule has 3 aromatic rings. The Morgan fingerprint density at radius 2 is 1.84 bits per heavy atom. The van der Waals surface area contributed by atoms with E-state index in [0.29, 0.717) is 0 Å². The SMILES string of the molecule is COC(=O)[C@@H](NC(=O)c1cccn(Cc2ccccc2)c1=O)c1cccc([N+](=O)[O-])c1. The van der Waals surface area contributed by atoms with Gasteiger partial charge in [-0.15, -0.1) is 0 Å². The zero-order valence-corrected chi connectivity index (χ0v) is 16.6. The molecule has 2 aromatic carbocycles. The average molecular weight is 421 g/mol. The fourth-order valence-corrected chi connectivity index (χ4v) is 3.04. The number of pyridine rings is 1. The largest absolute Gasteiger partial charge is 0.467 e. The van der Waals surface area contributed by atoms with E-state index in [0.717, 1.165) is 12.7 Å². The normalized spacial score (nSPS) is 11.4. The Labute approximate surface area is 177 Å². The first-order valence-corrected chi connectivity index (χ1v) is 9.27. The lowest BCUT2D eigenvalue weighted by atomic mass is 10.1. The maximum atomic E-state index is 12.8. The second-order valence-electron chi connectivity index (χ2n) is 6.62. The Hall–Kier alpha value is -4.27. The average Bonchev–Trinajstić information content (AvgIpc) is 2.79. The van der Waals surface area contributed by atoms with E-state index in [1.807, 2.05) is 30.3 Å². The van der Waals surface area contributed by atoms with Gasteiger partial charge in [0.15, 0.2) is 6.04 Å². The van der Waals surface area contributed by atoms with Crippen LogP contribution in [0.15, 0.2) is 77.7 Å². The molecule has 0 aliphatic rings. The van der Waals surface area contributed by atoms with Gasteiger partial charge in [-0.3, -0.25) is 19.7 Å². The van der Waals surface area contributed by atoms with Gasteiger partial charge in [0.1, 0.15) is 5.56 Å². The predicted molar refractivity (Wildman–Crippen MR) is 112 cm³/mol. The number of methoxy groups -OCH3 is 1. The third-order valence-electron chi connectivity index (χ3n) is 4.59. The minimum Gasteiger partial charge on any atom is -0.467 e. The molecular weight excluding hydrogens is 402 g/mol. The molecule has 1 atom stereocenters. The predicted octanol–water partition coefficient (Wildman–Crippen LogP) is 2.45. The number of carbonyl (C=O) groups excluding carboxylic acids is 2. The standard InChI is InChI=1S/C22H19N3O6/c1-31-22(28)19(16-9-5-10-17(13-16)25(29)30)23-20(26)18-11-6-12-24(21(18)27)14-15-7-3-2-4-8-15/h2-13,19H,14H2,1H3,(H,23,26)/t19-/m0/s1. The van der Waals surface area contributed by atoms with E-state index in [2.05, 4.69) is 5.32 Å². The van der Waals surface area contributed by atoms with Crippen LogP contribution in [0.5, 0.6) is 0 Å². The van der Waals surface area contributed by atoms with Crippen molar-refractivity contribution >= 4 is 17.6 Å². The summed E-state index contributed by atoms with van der Waals surface area (Å²) in [5.41, 5.74) is 0.0935. The molecule has 1 heterocycles. The monoisotopic (exact) mass is 421 g/mol. The van der Waals surface area contributed by atoms with Crippen LogP contribution in [0.3, 0.4) is 0 Å². The molecule has 1 aromatic heterocycles. The van der Waals surface area contributed by atoms with Gasteiger partial charge in [-0.2, -0.15) is 0 Å². The zero-order valence-electron chi connectivity index (χ0n) is 16.6. The molecule has 9 heteroatoms. The molecule has 0 unspecified atom stereocenters. The van der Waals surface area contributed by atoms with Gasteiger partial charge in [-0.1, -0.05) is 42.5 Å². The van der Waals surface area contributed by atoms with Crippen LogP contribution in [0, 0.1) is 10.1 Å². The van der Waals surface area contributed by atoms with Gasteiger partial charge in [-0.05, 0) is 23.3 Å². The van der Waals surface area contributed by atoms with E-state index < -0.39 is 28.4 Å². The van der Waals surface area contributed by atoms with Crippen molar-refractivity contribution < 1.29 is 19.2 Å². The number of benzene rings is 2. The highest BCUT2D eigenvalue weighted by Gasteiger charge is 2.26. The molecule has 0 bridgehead atoms. The summed E-state index contributed by atoms with van der Waals surface area (Å²) in [6.45, 7) is 0.270. The van der Waals surface area contributed by atoms with Crippen molar-refractivity contribution in [2.24, 2.45) is 0 Å². The van der Waals surface area contributed by atoms with Crippen LogP contribution in [0.4, 0.5) is 5.69 Å². The summed E-state index contributed by atoms with van der Waals surface area (Å²) in [6, 6.07) is 16.1. The Balaban J connectivity index is 1.90. The van der Waals surface area contributed by atoms with E-state index in [1.54, 1.807) is 12.3 Å². The highest BCUT2D eigenvalue weighted by molar-refractivity contribution is 5.96. The number of non-ortho nitro benzene ring substituents is 1. The summed E-state index contributed by atoms with van der Waals surface area (Å²) in [4.78, 5) is 48.3. The van der Waals surface area contributed by atoms with Gasteiger partial charge >= 0.3 is 5.97 Å². The molecule has 0 saturated carbocycles. The first kappa shape index (κ1) is 21.4.